The van der Waals surface area contributed by atoms with Crippen molar-refractivity contribution >= 4 is 33.7 Å². The van der Waals surface area contributed by atoms with Crippen LogP contribution in [0.3, 0.4) is 0 Å². The molecule has 0 saturated carbocycles. The van der Waals surface area contributed by atoms with Gasteiger partial charge in [-0.15, -0.1) is 0 Å². The molecule has 1 saturated heterocycles. The maximum atomic E-state index is 12.5. The fraction of sp³-hybridized carbons (Fsp3) is 0.240. The molecule has 1 fully saturated rings. The Morgan fingerprint density at radius 2 is 1.74 bits per heavy atom. The lowest BCUT2D eigenvalue weighted by atomic mass is 10.1. The number of piperidine rings is 1. The number of carbonyl (C=O) groups is 1. The predicted molar refractivity (Wildman–Crippen MR) is 131 cm³/mol. The zero-order valence-corrected chi connectivity index (χ0v) is 19.4. The fourth-order valence-electron chi connectivity index (χ4n) is 3.51. The summed E-state index contributed by atoms with van der Waals surface area (Å²) in [7, 11) is -3.73. The largest absolute Gasteiger partial charge is 0.484 e. The molecule has 1 N–H and O–H groups in total. The molecule has 0 unspecified atom stereocenters. The van der Waals surface area contributed by atoms with Crippen molar-refractivity contribution in [2.75, 3.05) is 24.4 Å². The van der Waals surface area contributed by atoms with Gasteiger partial charge in [-0.25, -0.2) is 13.4 Å². The van der Waals surface area contributed by atoms with Crippen molar-refractivity contribution in [2.45, 2.75) is 24.2 Å². The number of rotatable bonds is 8. The number of pyridine rings is 1. The molecule has 2 heterocycles. The molecule has 1 aliphatic rings. The van der Waals surface area contributed by atoms with Crippen LogP contribution in [0.15, 0.2) is 82.8 Å². The van der Waals surface area contributed by atoms with E-state index >= 15 is 0 Å². The van der Waals surface area contributed by atoms with Gasteiger partial charge in [-0.05, 0) is 85.5 Å². The molecule has 8 nitrogen and oxygen atoms in total. The van der Waals surface area contributed by atoms with Gasteiger partial charge in [0.05, 0.1) is 10.6 Å². The topological polar surface area (TPSA) is 101 Å². The Balaban J connectivity index is 1.31. The van der Waals surface area contributed by atoms with Crippen molar-refractivity contribution in [2.24, 2.45) is 4.99 Å². The van der Waals surface area contributed by atoms with E-state index in [1.807, 2.05) is 17.0 Å². The lowest BCUT2D eigenvalue weighted by Gasteiger charge is -2.26. The molecule has 0 radical (unpaired) electrons. The number of anilines is 1. The van der Waals surface area contributed by atoms with E-state index in [2.05, 4.69) is 14.7 Å². The van der Waals surface area contributed by atoms with E-state index in [-0.39, 0.29) is 23.2 Å². The molecule has 3 aromatic rings. The summed E-state index contributed by atoms with van der Waals surface area (Å²) in [6, 6.07) is 18.5. The highest BCUT2D eigenvalue weighted by atomic mass is 32.2. The normalized spacial score (nSPS) is 14.2. The zero-order chi connectivity index (χ0) is 23.8. The van der Waals surface area contributed by atoms with E-state index < -0.39 is 10.0 Å². The van der Waals surface area contributed by atoms with Gasteiger partial charge in [0, 0.05) is 25.5 Å². The number of carbonyl (C=O) groups excluding carboxylic acids is 1. The maximum Gasteiger partial charge on any atom is 0.263 e. The maximum absolute atomic E-state index is 12.5. The van der Waals surface area contributed by atoms with Crippen LogP contribution in [0.1, 0.15) is 24.8 Å². The van der Waals surface area contributed by atoms with Crippen LogP contribution in [0.25, 0.3) is 0 Å². The number of hydrogen-bond donors (Lipinski definition) is 1. The minimum Gasteiger partial charge on any atom is -0.484 e. The van der Waals surface area contributed by atoms with E-state index in [1.165, 1.54) is 24.8 Å². The van der Waals surface area contributed by atoms with Crippen LogP contribution in [0.4, 0.5) is 11.5 Å². The molecule has 4 rings (SSSR count). The third kappa shape index (κ3) is 6.41. The van der Waals surface area contributed by atoms with Crippen LogP contribution in [0, 0.1) is 0 Å². The summed E-state index contributed by atoms with van der Waals surface area (Å²) < 4.78 is 33.0. The Bertz CT molecular complexity index is 1220. The Hall–Kier alpha value is -3.72. The third-order valence-electron chi connectivity index (χ3n) is 5.36. The van der Waals surface area contributed by atoms with E-state index in [0.29, 0.717) is 11.4 Å². The number of benzene rings is 2. The van der Waals surface area contributed by atoms with Gasteiger partial charge >= 0.3 is 0 Å². The monoisotopic (exact) mass is 478 g/mol. The molecule has 2 aromatic carbocycles. The van der Waals surface area contributed by atoms with Gasteiger partial charge in [0.25, 0.3) is 15.9 Å². The molecular weight excluding hydrogens is 452 g/mol. The number of likely N-dealkylation sites (tertiary alicyclic amines) is 1. The first-order valence-electron chi connectivity index (χ1n) is 11.1. The molecule has 34 heavy (non-hydrogen) atoms. The molecular formula is C25H26N4O4S. The first kappa shape index (κ1) is 23.4. The molecule has 176 valence electrons. The van der Waals surface area contributed by atoms with Crippen molar-refractivity contribution in [1.82, 2.24) is 9.88 Å². The summed E-state index contributed by atoms with van der Waals surface area (Å²) in [5.41, 5.74) is 1.47. The molecule has 9 heteroatoms. The van der Waals surface area contributed by atoms with E-state index in [1.54, 1.807) is 48.7 Å². The second-order valence-corrected chi connectivity index (χ2v) is 9.55. The molecule has 1 aliphatic heterocycles. The highest BCUT2D eigenvalue weighted by Crippen LogP contribution is 2.19. The van der Waals surface area contributed by atoms with Gasteiger partial charge in [-0.3, -0.25) is 14.5 Å². The molecule has 0 spiro atoms. The number of sulfonamides is 1. The van der Waals surface area contributed by atoms with Crippen molar-refractivity contribution in [3.63, 3.8) is 0 Å². The van der Waals surface area contributed by atoms with Crippen LogP contribution in [0.5, 0.6) is 5.75 Å². The van der Waals surface area contributed by atoms with Gasteiger partial charge < -0.3 is 9.64 Å². The zero-order valence-electron chi connectivity index (χ0n) is 18.6. The molecule has 1 amide bonds. The Morgan fingerprint density at radius 3 is 2.41 bits per heavy atom. The minimum atomic E-state index is -3.73. The summed E-state index contributed by atoms with van der Waals surface area (Å²) in [6.45, 7) is 1.66. The van der Waals surface area contributed by atoms with Crippen molar-refractivity contribution in [1.29, 1.82) is 0 Å². The van der Waals surface area contributed by atoms with Crippen LogP contribution < -0.4 is 9.46 Å². The number of nitrogens with zero attached hydrogens (tertiary/aromatic N) is 3. The number of nitrogens with one attached hydrogen (secondary N) is 1. The first-order valence-corrected chi connectivity index (χ1v) is 12.6. The predicted octanol–water partition coefficient (Wildman–Crippen LogP) is 4.02. The SMILES string of the molecule is O=C(COc1ccc(C=Nc2ccc(S(=O)(=O)Nc3ccccn3)cc2)cc1)N1CCCCC1. The number of aliphatic imine (C=N–C) groups is 1. The van der Waals surface area contributed by atoms with Crippen molar-refractivity contribution in [3.8, 4) is 5.75 Å². The van der Waals surface area contributed by atoms with Gasteiger partial charge in [-0.2, -0.15) is 0 Å². The summed E-state index contributed by atoms with van der Waals surface area (Å²) in [4.78, 5) is 22.6. The lowest BCUT2D eigenvalue weighted by Crippen LogP contribution is -2.38. The second kappa shape index (κ2) is 10.9. The van der Waals surface area contributed by atoms with Gasteiger partial charge in [-0.1, -0.05) is 6.07 Å². The quantitative estimate of drug-likeness (QED) is 0.493. The minimum absolute atomic E-state index is 0.0195. The Morgan fingerprint density at radius 1 is 1.00 bits per heavy atom. The Kier molecular flexibility index (Phi) is 7.54. The summed E-state index contributed by atoms with van der Waals surface area (Å²) in [6.07, 6.45) is 6.49. The standard InChI is InChI=1S/C25H26N4O4S/c30-25(29-16-4-1-5-17-29)19-33-22-11-7-20(8-12-22)18-27-21-9-13-23(14-10-21)34(31,32)28-24-6-2-3-15-26-24/h2-3,6-15,18H,1,4-5,16-17,19H2,(H,26,28). The molecule has 0 atom stereocenters. The average molecular weight is 479 g/mol. The van der Waals surface area contributed by atoms with Gasteiger partial charge in [0.2, 0.25) is 0 Å². The molecule has 1 aromatic heterocycles. The number of aromatic nitrogens is 1. The fourth-order valence-corrected chi connectivity index (χ4v) is 4.52. The number of hydrogen-bond acceptors (Lipinski definition) is 6. The second-order valence-electron chi connectivity index (χ2n) is 7.87. The van der Waals surface area contributed by atoms with Crippen LogP contribution >= 0.6 is 0 Å². The number of ether oxygens (including phenoxy) is 1. The highest BCUT2D eigenvalue weighted by molar-refractivity contribution is 7.92. The smallest absolute Gasteiger partial charge is 0.263 e. The van der Waals surface area contributed by atoms with Gasteiger partial charge in [0.15, 0.2) is 6.61 Å². The number of amides is 1. The molecule has 0 bridgehead atoms. The van der Waals surface area contributed by atoms with E-state index in [4.69, 9.17) is 4.74 Å². The third-order valence-corrected chi connectivity index (χ3v) is 6.74. The van der Waals surface area contributed by atoms with Crippen LogP contribution in [0.2, 0.25) is 0 Å². The van der Waals surface area contributed by atoms with E-state index in [9.17, 15) is 13.2 Å². The summed E-state index contributed by atoms with van der Waals surface area (Å²) in [5, 5.41) is 0. The van der Waals surface area contributed by atoms with Crippen LogP contribution in [-0.4, -0.2) is 50.1 Å². The van der Waals surface area contributed by atoms with Crippen molar-refractivity contribution in [3.05, 3.63) is 78.5 Å². The summed E-state index contributed by atoms with van der Waals surface area (Å²) >= 11 is 0. The summed E-state index contributed by atoms with van der Waals surface area (Å²) in [5.74, 6) is 0.899. The highest BCUT2D eigenvalue weighted by Gasteiger charge is 2.17. The Labute approximate surface area is 199 Å². The molecule has 0 aliphatic carbocycles. The average Bonchev–Trinajstić information content (AvgIpc) is 2.88. The van der Waals surface area contributed by atoms with Gasteiger partial charge in [0.1, 0.15) is 11.6 Å². The van der Waals surface area contributed by atoms with E-state index in [0.717, 1.165) is 31.5 Å². The van der Waals surface area contributed by atoms with Crippen LogP contribution in [-0.2, 0) is 14.8 Å². The first-order chi connectivity index (χ1) is 16.5. The van der Waals surface area contributed by atoms with Crippen molar-refractivity contribution < 1.29 is 17.9 Å². The lowest BCUT2D eigenvalue weighted by molar-refractivity contribution is -0.134.